The maximum atomic E-state index is 5.79. The van der Waals surface area contributed by atoms with Gasteiger partial charge in [-0.05, 0) is 11.5 Å². The third-order valence-electron chi connectivity index (χ3n) is 4.06. The summed E-state index contributed by atoms with van der Waals surface area (Å²) < 4.78 is 11.6. The van der Waals surface area contributed by atoms with Crippen molar-refractivity contribution in [1.82, 2.24) is 15.6 Å². The Morgan fingerprint density at radius 3 is 2.59 bits per heavy atom. The van der Waals surface area contributed by atoms with E-state index in [2.05, 4.69) is 60.4 Å². The number of rotatable bonds is 8. The van der Waals surface area contributed by atoms with Crippen LogP contribution in [0, 0.1) is 5.92 Å². The van der Waals surface area contributed by atoms with Crippen molar-refractivity contribution in [3.05, 3.63) is 53.7 Å². The van der Waals surface area contributed by atoms with Crippen molar-refractivity contribution in [2.75, 3.05) is 20.2 Å². The van der Waals surface area contributed by atoms with Gasteiger partial charge in [-0.25, -0.2) is 4.98 Å². The smallest absolute Gasteiger partial charge is 0.213 e. The molecule has 0 spiro atoms. The molecular formula is C21H32N4O2. The van der Waals surface area contributed by atoms with Crippen LogP contribution in [0.3, 0.4) is 0 Å². The average Bonchev–Trinajstić information content (AvgIpc) is 3.12. The number of nitrogens with zero attached hydrogens (tertiary/aromatic N) is 2. The molecule has 0 aliphatic carbocycles. The molecule has 6 heteroatoms. The summed E-state index contributed by atoms with van der Waals surface area (Å²) in [7, 11) is 1.75. The zero-order valence-electron chi connectivity index (χ0n) is 17.1. The lowest BCUT2D eigenvalue weighted by atomic mass is 9.94. The Kier molecular flexibility index (Phi) is 7.85. The second kappa shape index (κ2) is 10.1. The minimum atomic E-state index is -0.0413. The van der Waals surface area contributed by atoms with Crippen LogP contribution in [0.4, 0.5) is 0 Å². The number of ether oxygens (including phenoxy) is 1. The Hall–Kier alpha value is -2.34. The Balaban J connectivity index is 1.68. The van der Waals surface area contributed by atoms with Crippen LogP contribution in [0.5, 0.6) is 0 Å². The topological polar surface area (TPSA) is 71.7 Å². The zero-order valence-corrected chi connectivity index (χ0v) is 17.1. The summed E-state index contributed by atoms with van der Waals surface area (Å²) in [5, 5.41) is 6.54. The van der Waals surface area contributed by atoms with Gasteiger partial charge >= 0.3 is 0 Å². The highest BCUT2D eigenvalue weighted by molar-refractivity contribution is 5.79. The second-order valence-corrected chi connectivity index (χ2v) is 7.78. The van der Waals surface area contributed by atoms with Gasteiger partial charge in [0.05, 0.1) is 26.0 Å². The van der Waals surface area contributed by atoms with E-state index >= 15 is 0 Å². The highest BCUT2D eigenvalue weighted by Crippen LogP contribution is 2.22. The second-order valence-electron chi connectivity index (χ2n) is 7.78. The quantitative estimate of drug-likeness (QED) is 0.548. The zero-order chi connectivity index (χ0) is 19.7. The monoisotopic (exact) mass is 372 g/mol. The molecule has 1 aromatic heterocycles. The van der Waals surface area contributed by atoms with Gasteiger partial charge in [0.1, 0.15) is 5.76 Å². The summed E-state index contributed by atoms with van der Waals surface area (Å²) in [5.74, 6) is 2.62. The Morgan fingerprint density at radius 2 is 1.96 bits per heavy atom. The van der Waals surface area contributed by atoms with Gasteiger partial charge in [0, 0.05) is 19.0 Å². The lowest BCUT2D eigenvalue weighted by molar-refractivity contribution is 0.0931. The highest BCUT2D eigenvalue weighted by Gasteiger charge is 2.19. The first-order valence-corrected chi connectivity index (χ1v) is 9.40. The van der Waals surface area contributed by atoms with E-state index in [4.69, 9.17) is 9.15 Å². The highest BCUT2D eigenvalue weighted by atomic mass is 16.5. The molecule has 0 saturated heterocycles. The van der Waals surface area contributed by atoms with E-state index in [-0.39, 0.29) is 5.41 Å². The average molecular weight is 373 g/mol. The van der Waals surface area contributed by atoms with Crippen molar-refractivity contribution < 1.29 is 9.15 Å². The molecule has 1 atom stereocenters. The molecule has 0 aliphatic rings. The SMILES string of the molecule is CN=C(NCc1ncc(C(C)(C)C)o1)NCC(C)COCc1ccccc1. The number of nitrogens with one attached hydrogen (secondary N) is 2. The van der Waals surface area contributed by atoms with E-state index in [0.717, 1.165) is 18.3 Å². The summed E-state index contributed by atoms with van der Waals surface area (Å²) in [5.41, 5.74) is 1.15. The van der Waals surface area contributed by atoms with Crippen LogP contribution >= 0.6 is 0 Å². The van der Waals surface area contributed by atoms with E-state index in [1.807, 2.05) is 18.2 Å². The molecule has 148 valence electrons. The number of aromatic nitrogens is 1. The molecule has 0 saturated carbocycles. The van der Waals surface area contributed by atoms with E-state index in [1.165, 1.54) is 5.56 Å². The van der Waals surface area contributed by atoms with Gasteiger partial charge in [-0.3, -0.25) is 4.99 Å². The minimum absolute atomic E-state index is 0.0413. The molecule has 27 heavy (non-hydrogen) atoms. The van der Waals surface area contributed by atoms with Crippen LogP contribution in [-0.4, -0.2) is 31.1 Å². The lowest BCUT2D eigenvalue weighted by Gasteiger charge is -2.16. The Morgan fingerprint density at radius 1 is 1.22 bits per heavy atom. The Labute approximate surface area is 162 Å². The largest absolute Gasteiger partial charge is 0.443 e. The van der Waals surface area contributed by atoms with Gasteiger partial charge in [0.25, 0.3) is 0 Å². The molecular weight excluding hydrogens is 340 g/mol. The molecule has 0 amide bonds. The summed E-state index contributed by atoms with van der Waals surface area (Å²) in [6, 6.07) is 10.2. The fourth-order valence-corrected chi connectivity index (χ4v) is 2.40. The van der Waals surface area contributed by atoms with Crippen molar-refractivity contribution in [3.63, 3.8) is 0 Å². The number of guanidine groups is 1. The predicted octanol–water partition coefficient (Wildman–Crippen LogP) is 3.49. The molecule has 0 aliphatic heterocycles. The maximum absolute atomic E-state index is 5.79. The van der Waals surface area contributed by atoms with Gasteiger partial charge < -0.3 is 19.8 Å². The van der Waals surface area contributed by atoms with E-state index < -0.39 is 0 Å². The van der Waals surface area contributed by atoms with Crippen LogP contribution in [0.2, 0.25) is 0 Å². The molecule has 2 N–H and O–H groups in total. The first kappa shape index (κ1) is 21.0. The number of benzene rings is 1. The van der Waals surface area contributed by atoms with Crippen molar-refractivity contribution >= 4 is 5.96 Å². The van der Waals surface area contributed by atoms with Gasteiger partial charge in [-0.15, -0.1) is 0 Å². The first-order valence-electron chi connectivity index (χ1n) is 9.40. The van der Waals surface area contributed by atoms with Crippen molar-refractivity contribution in [2.24, 2.45) is 10.9 Å². The van der Waals surface area contributed by atoms with Crippen molar-refractivity contribution in [3.8, 4) is 0 Å². The first-order chi connectivity index (χ1) is 12.9. The van der Waals surface area contributed by atoms with Crippen LogP contribution in [-0.2, 0) is 23.3 Å². The Bertz CT molecular complexity index is 704. The number of hydrogen-bond acceptors (Lipinski definition) is 4. The molecule has 2 rings (SSSR count). The molecule has 1 aromatic carbocycles. The molecule has 0 bridgehead atoms. The predicted molar refractivity (Wildman–Crippen MR) is 109 cm³/mol. The van der Waals surface area contributed by atoms with Gasteiger partial charge in [-0.1, -0.05) is 58.0 Å². The summed E-state index contributed by atoms with van der Waals surface area (Å²) in [6.45, 7) is 11.0. The lowest BCUT2D eigenvalue weighted by Crippen LogP contribution is -2.39. The molecule has 6 nitrogen and oxygen atoms in total. The fourth-order valence-electron chi connectivity index (χ4n) is 2.40. The van der Waals surface area contributed by atoms with E-state index in [1.54, 1.807) is 13.2 Å². The normalized spacial score (nSPS) is 13.4. The molecule has 1 heterocycles. The summed E-state index contributed by atoms with van der Waals surface area (Å²) in [4.78, 5) is 8.56. The van der Waals surface area contributed by atoms with Crippen molar-refractivity contribution in [1.29, 1.82) is 0 Å². The molecule has 0 fully saturated rings. The molecule has 0 radical (unpaired) electrons. The van der Waals surface area contributed by atoms with Gasteiger partial charge in [0.15, 0.2) is 5.96 Å². The minimum Gasteiger partial charge on any atom is -0.443 e. The summed E-state index contributed by atoms with van der Waals surface area (Å²) >= 11 is 0. The van der Waals surface area contributed by atoms with Crippen LogP contribution in [0.15, 0.2) is 45.9 Å². The van der Waals surface area contributed by atoms with Crippen LogP contribution < -0.4 is 10.6 Å². The summed E-state index contributed by atoms with van der Waals surface area (Å²) in [6.07, 6.45) is 1.79. The van der Waals surface area contributed by atoms with Crippen LogP contribution in [0.1, 0.15) is 44.9 Å². The van der Waals surface area contributed by atoms with Gasteiger partial charge in [-0.2, -0.15) is 0 Å². The number of hydrogen-bond donors (Lipinski definition) is 2. The van der Waals surface area contributed by atoms with E-state index in [9.17, 15) is 0 Å². The third kappa shape index (κ3) is 7.43. The van der Waals surface area contributed by atoms with Gasteiger partial charge in [0.2, 0.25) is 5.89 Å². The fraction of sp³-hybridized carbons (Fsp3) is 0.524. The van der Waals surface area contributed by atoms with Crippen LogP contribution in [0.25, 0.3) is 0 Å². The number of aliphatic imine (C=N–C) groups is 1. The van der Waals surface area contributed by atoms with E-state index in [0.29, 0.717) is 31.6 Å². The number of oxazole rings is 1. The maximum Gasteiger partial charge on any atom is 0.213 e. The van der Waals surface area contributed by atoms with Crippen molar-refractivity contribution in [2.45, 2.75) is 46.3 Å². The molecule has 1 unspecified atom stereocenters. The standard InChI is InChI=1S/C21H32N4O2/c1-16(14-26-15-17-9-7-6-8-10-17)11-24-20(22-5)25-13-19-23-12-18(27-19)21(2,3)4/h6-10,12,16H,11,13-15H2,1-5H3,(H2,22,24,25). The third-order valence-corrected chi connectivity index (χ3v) is 4.06. The molecule has 2 aromatic rings.